The summed E-state index contributed by atoms with van der Waals surface area (Å²) in [7, 11) is 0. The normalized spacial score (nSPS) is 11.5. The molecule has 136 valence electrons. The molecule has 0 atom stereocenters. The molecule has 28 heavy (non-hydrogen) atoms. The number of primary amides is 1. The van der Waals surface area contributed by atoms with Crippen LogP contribution in [0, 0.1) is 6.92 Å². The second-order valence-corrected chi connectivity index (χ2v) is 7.25. The summed E-state index contributed by atoms with van der Waals surface area (Å²) in [6.45, 7) is 2.87. The van der Waals surface area contributed by atoms with E-state index in [1.807, 2.05) is 24.3 Å². The fourth-order valence-electron chi connectivity index (χ4n) is 4.29. The minimum Gasteiger partial charge on any atom is -0.366 e. The SMILES string of the molecule is Cc1ccc(Cn2c3ccccc3c3c(C(N)=O)cccc32)c2ccccc12. The van der Waals surface area contributed by atoms with E-state index in [1.165, 1.54) is 21.9 Å². The number of rotatable bonds is 3. The molecule has 0 bridgehead atoms. The van der Waals surface area contributed by atoms with Gasteiger partial charge in [-0.15, -0.1) is 0 Å². The summed E-state index contributed by atoms with van der Waals surface area (Å²) in [5.74, 6) is -0.394. The van der Waals surface area contributed by atoms with Gasteiger partial charge < -0.3 is 10.3 Å². The minimum absolute atomic E-state index is 0.394. The summed E-state index contributed by atoms with van der Waals surface area (Å²) in [5, 5.41) is 4.53. The van der Waals surface area contributed by atoms with Crippen LogP contribution in [0.1, 0.15) is 21.5 Å². The van der Waals surface area contributed by atoms with E-state index in [2.05, 4.69) is 66.1 Å². The van der Waals surface area contributed by atoms with Crippen LogP contribution in [0.5, 0.6) is 0 Å². The van der Waals surface area contributed by atoms with Gasteiger partial charge in [0.25, 0.3) is 0 Å². The molecule has 3 nitrogen and oxygen atoms in total. The highest BCUT2D eigenvalue weighted by Gasteiger charge is 2.16. The van der Waals surface area contributed by atoms with Crippen LogP contribution in [0.3, 0.4) is 0 Å². The molecule has 3 heteroatoms. The number of carbonyl (C=O) groups is 1. The largest absolute Gasteiger partial charge is 0.366 e. The molecule has 0 spiro atoms. The van der Waals surface area contributed by atoms with Crippen molar-refractivity contribution in [3.63, 3.8) is 0 Å². The number of hydrogen-bond donors (Lipinski definition) is 1. The maximum absolute atomic E-state index is 12.1. The van der Waals surface area contributed by atoms with Gasteiger partial charge in [-0.1, -0.05) is 60.7 Å². The van der Waals surface area contributed by atoms with E-state index in [4.69, 9.17) is 5.73 Å². The first-order valence-corrected chi connectivity index (χ1v) is 9.42. The minimum atomic E-state index is -0.394. The first-order valence-electron chi connectivity index (χ1n) is 9.42. The molecular weight excluding hydrogens is 344 g/mol. The van der Waals surface area contributed by atoms with Crippen molar-refractivity contribution in [2.24, 2.45) is 5.73 Å². The number of aromatic nitrogens is 1. The van der Waals surface area contributed by atoms with Gasteiger partial charge in [0.2, 0.25) is 5.91 Å². The summed E-state index contributed by atoms with van der Waals surface area (Å²) in [6, 6.07) is 26.9. The quantitative estimate of drug-likeness (QED) is 0.457. The van der Waals surface area contributed by atoms with E-state index in [0.717, 1.165) is 28.4 Å². The van der Waals surface area contributed by atoms with Gasteiger partial charge in [-0.05, 0) is 47.0 Å². The Hall–Kier alpha value is -3.59. The van der Waals surface area contributed by atoms with Gasteiger partial charge in [-0.3, -0.25) is 4.79 Å². The molecule has 4 aromatic carbocycles. The number of hydrogen-bond acceptors (Lipinski definition) is 1. The number of amides is 1. The van der Waals surface area contributed by atoms with Gasteiger partial charge in [0.05, 0.1) is 5.52 Å². The zero-order valence-electron chi connectivity index (χ0n) is 15.6. The Bertz CT molecular complexity index is 1380. The molecule has 1 heterocycles. The first kappa shape index (κ1) is 16.6. The lowest BCUT2D eigenvalue weighted by Crippen LogP contribution is -2.11. The number of nitrogens with two attached hydrogens (primary N) is 1. The van der Waals surface area contributed by atoms with Gasteiger partial charge in [-0.25, -0.2) is 0 Å². The molecule has 0 radical (unpaired) electrons. The van der Waals surface area contributed by atoms with Crippen LogP contribution in [0.4, 0.5) is 0 Å². The predicted octanol–water partition coefficient (Wildman–Crippen LogP) is 5.40. The average Bonchev–Trinajstić information content (AvgIpc) is 3.04. The fourth-order valence-corrected chi connectivity index (χ4v) is 4.29. The van der Waals surface area contributed by atoms with Crippen molar-refractivity contribution in [1.82, 2.24) is 4.57 Å². The molecule has 1 amide bonds. The van der Waals surface area contributed by atoms with Gasteiger partial charge >= 0.3 is 0 Å². The highest BCUT2D eigenvalue weighted by Crippen LogP contribution is 2.33. The Labute approximate surface area is 163 Å². The van der Waals surface area contributed by atoms with Gasteiger partial charge in [-0.2, -0.15) is 0 Å². The molecule has 2 N–H and O–H groups in total. The van der Waals surface area contributed by atoms with Crippen molar-refractivity contribution in [3.05, 3.63) is 95.6 Å². The molecule has 0 aliphatic heterocycles. The van der Waals surface area contributed by atoms with Crippen LogP contribution in [0.25, 0.3) is 32.6 Å². The molecule has 0 aliphatic rings. The molecule has 0 unspecified atom stereocenters. The van der Waals surface area contributed by atoms with E-state index < -0.39 is 5.91 Å². The monoisotopic (exact) mass is 364 g/mol. The van der Waals surface area contributed by atoms with Gasteiger partial charge in [0.1, 0.15) is 0 Å². The standard InChI is InChI=1S/C25H20N2O/c1-16-13-14-17(19-8-3-2-7-18(16)19)15-27-22-11-5-4-9-20(22)24-21(25(26)28)10-6-12-23(24)27/h2-14H,15H2,1H3,(H2,26,28). The summed E-state index contributed by atoms with van der Waals surface area (Å²) >= 11 is 0. The zero-order valence-corrected chi connectivity index (χ0v) is 15.6. The zero-order chi connectivity index (χ0) is 19.3. The summed E-state index contributed by atoms with van der Waals surface area (Å²) in [5.41, 5.74) is 10.9. The van der Waals surface area contributed by atoms with Crippen molar-refractivity contribution in [1.29, 1.82) is 0 Å². The average molecular weight is 364 g/mol. The van der Waals surface area contributed by atoms with Crippen LogP contribution in [0.2, 0.25) is 0 Å². The van der Waals surface area contributed by atoms with Crippen molar-refractivity contribution < 1.29 is 4.79 Å². The fraction of sp³-hybridized carbons (Fsp3) is 0.0800. The highest BCUT2D eigenvalue weighted by atomic mass is 16.1. The van der Waals surface area contributed by atoms with Crippen LogP contribution < -0.4 is 5.73 Å². The Balaban J connectivity index is 1.82. The van der Waals surface area contributed by atoms with Crippen LogP contribution >= 0.6 is 0 Å². The molecule has 0 saturated carbocycles. The Morgan fingerprint density at radius 1 is 0.786 bits per heavy atom. The molecular formula is C25H20N2O. The Morgan fingerprint density at radius 3 is 2.25 bits per heavy atom. The lowest BCUT2D eigenvalue weighted by Gasteiger charge is -2.12. The van der Waals surface area contributed by atoms with Gasteiger partial charge in [0.15, 0.2) is 0 Å². The maximum Gasteiger partial charge on any atom is 0.249 e. The third-order valence-corrected chi connectivity index (χ3v) is 5.62. The number of carbonyl (C=O) groups excluding carboxylic acids is 1. The van der Waals surface area contributed by atoms with Crippen molar-refractivity contribution >= 4 is 38.5 Å². The highest BCUT2D eigenvalue weighted by molar-refractivity contribution is 6.17. The number of para-hydroxylation sites is 1. The summed E-state index contributed by atoms with van der Waals surface area (Å²) < 4.78 is 2.29. The molecule has 5 aromatic rings. The van der Waals surface area contributed by atoms with E-state index in [1.54, 1.807) is 0 Å². The van der Waals surface area contributed by atoms with E-state index in [-0.39, 0.29) is 0 Å². The topological polar surface area (TPSA) is 48.0 Å². The van der Waals surface area contributed by atoms with Crippen molar-refractivity contribution in [2.45, 2.75) is 13.5 Å². The molecule has 0 saturated heterocycles. The third kappa shape index (κ3) is 2.40. The van der Waals surface area contributed by atoms with E-state index >= 15 is 0 Å². The van der Waals surface area contributed by atoms with Crippen LogP contribution in [-0.4, -0.2) is 10.5 Å². The van der Waals surface area contributed by atoms with E-state index in [0.29, 0.717) is 5.56 Å². The van der Waals surface area contributed by atoms with Crippen molar-refractivity contribution in [2.75, 3.05) is 0 Å². The van der Waals surface area contributed by atoms with Crippen LogP contribution in [0.15, 0.2) is 78.9 Å². The number of nitrogens with zero attached hydrogens (tertiary/aromatic N) is 1. The summed E-state index contributed by atoms with van der Waals surface area (Å²) in [6.07, 6.45) is 0. The molecule has 1 aromatic heterocycles. The Kier molecular flexibility index (Phi) is 3.69. The maximum atomic E-state index is 12.1. The lowest BCUT2D eigenvalue weighted by atomic mass is 10.0. The number of aryl methyl sites for hydroxylation is 1. The first-order chi connectivity index (χ1) is 13.6. The van der Waals surface area contributed by atoms with E-state index in [9.17, 15) is 4.79 Å². The number of benzene rings is 4. The predicted molar refractivity (Wildman–Crippen MR) is 116 cm³/mol. The summed E-state index contributed by atoms with van der Waals surface area (Å²) in [4.78, 5) is 12.1. The Morgan fingerprint density at radius 2 is 1.46 bits per heavy atom. The van der Waals surface area contributed by atoms with Crippen LogP contribution in [-0.2, 0) is 6.54 Å². The van der Waals surface area contributed by atoms with Gasteiger partial charge in [0, 0.05) is 28.4 Å². The molecule has 5 rings (SSSR count). The molecule has 0 fully saturated rings. The second kappa shape index (κ2) is 6.24. The smallest absolute Gasteiger partial charge is 0.249 e. The molecule has 0 aliphatic carbocycles. The number of fused-ring (bicyclic) bond motifs is 4. The lowest BCUT2D eigenvalue weighted by molar-refractivity contribution is 0.100. The third-order valence-electron chi connectivity index (χ3n) is 5.62. The van der Waals surface area contributed by atoms with Crippen molar-refractivity contribution in [3.8, 4) is 0 Å². The second-order valence-electron chi connectivity index (χ2n) is 7.25.